The van der Waals surface area contributed by atoms with Crippen molar-refractivity contribution in [2.75, 3.05) is 12.3 Å². The quantitative estimate of drug-likeness (QED) is 0.348. The molecule has 0 radical (unpaired) electrons. The zero-order valence-corrected chi connectivity index (χ0v) is 22.0. The van der Waals surface area contributed by atoms with E-state index < -0.39 is 70.5 Å². The summed E-state index contributed by atoms with van der Waals surface area (Å²) in [6.07, 6.45) is -8.57. The fourth-order valence-electron chi connectivity index (χ4n) is 5.16. The molecule has 1 aliphatic carbocycles. The molecule has 5 rings (SSSR count). The van der Waals surface area contributed by atoms with Crippen molar-refractivity contribution in [2.45, 2.75) is 75.4 Å². The molecular formula is C27H26F7N5O3. The summed E-state index contributed by atoms with van der Waals surface area (Å²) in [7, 11) is 0. The fourth-order valence-corrected chi connectivity index (χ4v) is 5.16. The van der Waals surface area contributed by atoms with Crippen molar-refractivity contribution in [3.05, 3.63) is 58.4 Å². The number of nitrogens with two attached hydrogens (primary N) is 1. The molecule has 3 heterocycles. The topological polar surface area (TPSA) is 118 Å². The summed E-state index contributed by atoms with van der Waals surface area (Å²) in [5.41, 5.74) is -0.655. The van der Waals surface area contributed by atoms with Gasteiger partial charge in [0.15, 0.2) is 5.69 Å². The second-order valence-electron chi connectivity index (χ2n) is 10.6. The minimum absolute atomic E-state index is 0.0478. The second-order valence-corrected chi connectivity index (χ2v) is 10.6. The molecule has 15 heteroatoms. The lowest BCUT2D eigenvalue weighted by Crippen LogP contribution is -2.42. The first-order chi connectivity index (χ1) is 19.7. The van der Waals surface area contributed by atoms with Crippen molar-refractivity contribution < 1.29 is 45.1 Å². The van der Waals surface area contributed by atoms with Gasteiger partial charge in [-0.2, -0.15) is 26.3 Å². The van der Waals surface area contributed by atoms with E-state index in [1.807, 2.05) is 0 Å². The Labute approximate surface area is 234 Å². The van der Waals surface area contributed by atoms with E-state index in [1.165, 1.54) is 12.1 Å². The van der Waals surface area contributed by atoms with Crippen LogP contribution < -0.4 is 5.73 Å². The molecule has 42 heavy (non-hydrogen) atoms. The summed E-state index contributed by atoms with van der Waals surface area (Å²) < 4.78 is 104. The van der Waals surface area contributed by atoms with Crippen molar-refractivity contribution in [2.24, 2.45) is 0 Å². The molecule has 0 saturated heterocycles. The van der Waals surface area contributed by atoms with Crippen LogP contribution >= 0.6 is 0 Å². The van der Waals surface area contributed by atoms with E-state index >= 15 is 0 Å². The molecular weight excluding hydrogens is 575 g/mol. The number of carbonyl (C=O) groups excluding carboxylic acids is 1. The molecule has 1 atom stereocenters. The fraction of sp³-hybridized carbons (Fsp3) is 0.481. The summed E-state index contributed by atoms with van der Waals surface area (Å²) in [6.45, 7) is -0.470. The zero-order valence-electron chi connectivity index (χ0n) is 22.0. The molecule has 2 aliphatic rings. The highest BCUT2D eigenvalue weighted by atomic mass is 19.4. The summed E-state index contributed by atoms with van der Waals surface area (Å²) in [5.74, 6) is -3.62. The van der Waals surface area contributed by atoms with Gasteiger partial charge in [0, 0.05) is 13.1 Å². The number of hydrogen-bond donors (Lipinski definition) is 2. The Morgan fingerprint density at radius 1 is 1.00 bits per heavy atom. The normalized spacial score (nSPS) is 20.8. The predicted octanol–water partition coefficient (Wildman–Crippen LogP) is 6.11. The number of alkyl halides is 6. The standard InChI is InChI=1S/C27H26F7N5O3/c28-17-10-14(9-16(11-17)15-5-4-6-15)13-39-8-3-1-2-7-25(41,27(32,33)34)24-38-37-22(42-24)21-19(35)12-18(26(29,30)31)20(36-21)23(39)40/h9-12,15,41H,1-8,13,35H2/t25-/m1/s1. The molecule has 1 saturated carbocycles. The van der Waals surface area contributed by atoms with Gasteiger partial charge in [0.2, 0.25) is 5.60 Å². The van der Waals surface area contributed by atoms with Crippen molar-refractivity contribution in [1.29, 1.82) is 0 Å². The lowest BCUT2D eigenvalue weighted by Gasteiger charge is -2.28. The van der Waals surface area contributed by atoms with Gasteiger partial charge in [-0.25, -0.2) is 9.37 Å². The number of benzene rings is 1. The smallest absolute Gasteiger partial charge is 0.416 e. The molecule has 3 aromatic rings. The molecule has 2 aromatic heterocycles. The van der Waals surface area contributed by atoms with E-state index in [0.717, 1.165) is 24.2 Å². The molecule has 3 N–H and O–H groups in total. The number of pyridine rings is 1. The van der Waals surface area contributed by atoms with Crippen LogP contribution in [-0.4, -0.2) is 43.8 Å². The van der Waals surface area contributed by atoms with Gasteiger partial charge in [-0.05, 0) is 67.3 Å². The lowest BCUT2D eigenvalue weighted by atomic mass is 9.79. The van der Waals surface area contributed by atoms with Crippen LogP contribution in [0.1, 0.15) is 83.9 Å². The van der Waals surface area contributed by atoms with Crippen LogP contribution in [0.3, 0.4) is 0 Å². The molecule has 1 fully saturated rings. The first-order valence-electron chi connectivity index (χ1n) is 13.3. The van der Waals surface area contributed by atoms with E-state index in [0.29, 0.717) is 17.2 Å². The van der Waals surface area contributed by atoms with Crippen molar-refractivity contribution in [1.82, 2.24) is 20.1 Å². The number of fused-ring (bicyclic) bond motifs is 5. The number of halogens is 7. The van der Waals surface area contributed by atoms with Gasteiger partial charge in [0.1, 0.15) is 11.5 Å². The highest BCUT2D eigenvalue weighted by Gasteiger charge is 2.58. The Morgan fingerprint density at radius 2 is 1.74 bits per heavy atom. The zero-order chi connectivity index (χ0) is 30.4. The monoisotopic (exact) mass is 601 g/mol. The number of amides is 1. The van der Waals surface area contributed by atoms with Crippen LogP contribution in [0.4, 0.5) is 36.4 Å². The van der Waals surface area contributed by atoms with Crippen LogP contribution in [-0.2, 0) is 18.3 Å². The van der Waals surface area contributed by atoms with Crippen LogP contribution in [0.25, 0.3) is 11.6 Å². The molecule has 4 bridgehead atoms. The van der Waals surface area contributed by atoms with Crippen molar-refractivity contribution >= 4 is 11.6 Å². The summed E-state index contributed by atoms with van der Waals surface area (Å²) in [4.78, 5) is 18.5. The van der Waals surface area contributed by atoms with E-state index in [4.69, 9.17) is 10.2 Å². The molecule has 1 aromatic carbocycles. The lowest BCUT2D eigenvalue weighted by molar-refractivity contribution is -0.277. The Balaban J connectivity index is 1.61. The number of anilines is 1. The number of carbonyl (C=O) groups is 1. The number of nitrogens with zero attached hydrogens (tertiary/aromatic N) is 4. The average molecular weight is 602 g/mol. The third-order valence-corrected chi connectivity index (χ3v) is 7.69. The average Bonchev–Trinajstić information content (AvgIpc) is 3.34. The van der Waals surface area contributed by atoms with E-state index in [9.17, 15) is 40.6 Å². The molecule has 226 valence electrons. The van der Waals surface area contributed by atoms with Gasteiger partial charge in [-0.15, -0.1) is 10.2 Å². The minimum Gasteiger partial charge on any atom is -0.416 e. The van der Waals surface area contributed by atoms with Gasteiger partial charge >= 0.3 is 12.4 Å². The van der Waals surface area contributed by atoms with Crippen molar-refractivity contribution in [3.63, 3.8) is 0 Å². The van der Waals surface area contributed by atoms with Gasteiger partial charge in [0.25, 0.3) is 17.7 Å². The third-order valence-electron chi connectivity index (χ3n) is 7.69. The minimum atomic E-state index is -5.23. The predicted molar refractivity (Wildman–Crippen MR) is 133 cm³/mol. The van der Waals surface area contributed by atoms with Crippen LogP contribution in [0, 0.1) is 5.82 Å². The number of aliphatic hydroxyl groups is 1. The summed E-state index contributed by atoms with van der Waals surface area (Å²) in [5, 5.41) is 17.3. The Kier molecular flexibility index (Phi) is 7.66. The van der Waals surface area contributed by atoms with E-state index in [-0.39, 0.29) is 38.3 Å². The summed E-state index contributed by atoms with van der Waals surface area (Å²) >= 11 is 0. The number of hydrogen-bond acceptors (Lipinski definition) is 7. The first-order valence-corrected chi connectivity index (χ1v) is 13.3. The SMILES string of the molecule is Nc1cc(C(F)(F)F)c2nc1-c1nnc(o1)[C@@](O)(C(F)(F)F)CCCCCN(Cc1cc(F)cc(C3CCC3)c1)C2=O. The van der Waals surface area contributed by atoms with Gasteiger partial charge in [0.05, 0.1) is 11.3 Å². The second kappa shape index (κ2) is 10.8. The largest absolute Gasteiger partial charge is 0.426 e. The van der Waals surface area contributed by atoms with E-state index in [1.54, 1.807) is 6.07 Å². The van der Waals surface area contributed by atoms with Crippen molar-refractivity contribution in [3.8, 4) is 11.6 Å². The Bertz CT molecular complexity index is 1490. The molecule has 8 nitrogen and oxygen atoms in total. The molecule has 1 aliphatic heterocycles. The Hall–Kier alpha value is -3.75. The maximum Gasteiger partial charge on any atom is 0.426 e. The van der Waals surface area contributed by atoms with Gasteiger partial charge in [-0.1, -0.05) is 18.9 Å². The molecule has 0 spiro atoms. The van der Waals surface area contributed by atoms with E-state index in [2.05, 4.69) is 15.2 Å². The van der Waals surface area contributed by atoms with Gasteiger partial charge < -0.3 is 20.2 Å². The maximum absolute atomic E-state index is 14.5. The molecule has 0 unspecified atom stereocenters. The number of nitrogen functional groups attached to an aromatic ring is 1. The summed E-state index contributed by atoms with van der Waals surface area (Å²) in [6, 6.07) is 4.67. The first kappa shape index (κ1) is 29.7. The highest BCUT2D eigenvalue weighted by molar-refractivity contribution is 5.95. The number of aromatic nitrogens is 3. The van der Waals surface area contributed by atoms with Gasteiger partial charge in [-0.3, -0.25) is 4.79 Å². The number of rotatable bonds is 3. The third kappa shape index (κ3) is 5.65. The molecule has 1 amide bonds. The maximum atomic E-state index is 14.5. The van der Waals surface area contributed by atoms with Crippen LogP contribution in [0.2, 0.25) is 0 Å². The van der Waals surface area contributed by atoms with Crippen LogP contribution in [0.5, 0.6) is 0 Å². The van der Waals surface area contributed by atoms with Crippen LogP contribution in [0.15, 0.2) is 28.7 Å². The Morgan fingerprint density at radius 3 is 2.38 bits per heavy atom. The highest BCUT2D eigenvalue weighted by Crippen LogP contribution is 2.44.